The average molecular weight is 423 g/mol. The Hall–Kier alpha value is -2.09. The van der Waals surface area contributed by atoms with Gasteiger partial charge in [-0.25, -0.2) is 8.42 Å². The Morgan fingerprint density at radius 1 is 1.21 bits per heavy atom. The fraction of sp³-hybridized carbons (Fsp3) is 0.350. The maximum Gasteiger partial charge on any atom is 0.243 e. The Labute approximate surface area is 170 Å². The molecule has 1 heterocycles. The van der Waals surface area contributed by atoms with Crippen molar-refractivity contribution in [3.63, 3.8) is 0 Å². The van der Waals surface area contributed by atoms with E-state index in [1.807, 2.05) is 0 Å². The van der Waals surface area contributed by atoms with Crippen LogP contribution in [0.2, 0.25) is 5.02 Å². The molecule has 1 saturated heterocycles. The van der Waals surface area contributed by atoms with Crippen LogP contribution in [-0.4, -0.2) is 38.3 Å². The van der Waals surface area contributed by atoms with Crippen molar-refractivity contribution < 1.29 is 17.9 Å². The number of amides is 1. The second kappa shape index (κ2) is 8.94. The van der Waals surface area contributed by atoms with E-state index in [1.165, 1.54) is 11.4 Å². The fourth-order valence-electron chi connectivity index (χ4n) is 3.39. The van der Waals surface area contributed by atoms with Crippen LogP contribution in [0.3, 0.4) is 0 Å². The second-order valence-electron chi connectivity index (χ2n) is 6.68. The van der Waals surface area contributed by atoms with Crippen LogP contribution in [0.5, 0.6) is 5.75 Å². The van der Waals surface area contributed by atoms with Crippen LogP contribution in [0.25, 0.3) is 0 Å². The van der Waals surface area contributed by atoms with Crippen molar-refractivity contribution in [3.05, 3.63) is 53.6 Å². The van der Waals surface area contributed by atoms with Gasteiger partial charge in [0.15, 0.2) is 0 Å². The van der Waals surface area contributed by atoms with Gasteiger partial charge in [-0.2, -0.15) is 4.31 Å². The molecule has 1 atom stereocenters. The SMILES string of the molecule is COc1ccc(NC(=O)CC2CCCCN2S(=O)(=O)c2ccccc2)cc1Cl. The highest BCUT2D eigenvalue weighted by Gasteiger charge is 2.34. The van der Waals surface area contributed by atoms with Gasteiger partial charge in [0, 0.05) is 24.7 Å². The van der Waals surface area contributed by atoms with E-state index in [9.17, 15) is 13.2 Å². The predicted molar refractivity (Wildman–Crippen MR) is 109 cm³/mol. The molecule has 0 spiro atoms. The summed E-state index contributed by atoms with van der Waals surface area (Å²) in [5.41, 5.74) is 0.545. The van der Waals surface area contributed by atoms with Gasteiger partial charge >= 0.3 is 0 Å². The number of rotatable bonds is 6. The van der Waals surface area contributed by atoms with E-state index in [-0.39, 0.29) is 23.3 Å². The van der Waals surface area contributed by atoms with E-state index < -0.39 is 10.0 Å². The van der Waals surface area contributed by atoms with E-state index in [0.29, 0.717) is 29.4 Å². The molecule has 1 unspecified atom stereocenters. The van der Waals surface area contributed by atoms with Crippen molar-refractivity contribution in [1.82, 2.24) is 4.31 Å². The zero-order valence-corrected chi connectivity index (χ0v) is 17.2. The van der Waals surface area contributed by atoms with Gasteiger partial charge in [-0.05, 0) is 43.2 Å². The number of sulfonamides is 1. The maximum atomic E-state index is 13.0. The normalized spacial score (nSPS) is 17.9. The first-order valence-corrected chi connectivity index (χ1v) is 10.9. The summed E-state index contributed by atoms with van der Waals surface area (Å²) in [7, 11) is -2.11. The zero-order chi connectivity index (χ0) is 20.1. The van der Waals surface area contributed by atoms with Gasteiger partial charge in [0.1, 0.15) is 5.75 Å². The Morgan fingerprint density at radius 3 is 2.64 bits per heavy atom. The van der Waals surface area contributed by atoms with Crippen LogP contribution in [0.1, 0.15) is 25.7 Å². The first kappa shape index (κ1) is 20.6. The molecule has 1 N–H and O–H groups in total. The number of methoxy groups -OCH3 is 1. The van der Waals surface area contributed by atoms with Gasteiger partial charge in [-0.15, -0.1) is 0 Å². The second-order valence-corrected chi connectivity index (χ2v) is 8.98. The zero-order valence-electron chi connectivity index (χ0n) is 15.6. The number of carbonyl (C=O) groups excluding carboxylic acids is 1. The number of carbonyl (C=O) groups is 1. The lowest BCUT2D eigenvalue weighted by Gasteiger charge is -2.34. The number of nitrogens with zero attached hydrogens (tertiary/aromatic N) is 1. The lowest BCUT2D eigenvalue weighted by atomic mass is 10.0. The molecule has 0 bridgehead atoms. The summed E-state index contributed by atoms with van der Waals surface area (Å²) in [6.07, 6.45) is 2.43. The molecule has 2 aromatic carbocycles. The van der Waals surface area contributed by atoms with E-state index in [2.05, 4.69) is 5.32 Å². The number of hydrogen-bond donors (Lipinski definition) is 1. The van der Waals surface area contributed by atoms with Crippen LogP contribution in [-0.2, 0) is 14.8 Å². The minimum absolute atomic E-state index is 0.0930. The number of nitrogens with one attached hydrogen (secondary N) is 1. The summed E-state index contributed by atoms with van der Waals surface area (Å²) in [4.78, 5) is 12.8. The number of ether oxygens (including phenoxy) is 1. The minimum atomic E-state index is -3.63. The van der Waals surface area contributed by atoms with Crippen LogP contribution < -0.4 is 10.1 Å². The van der Waals surface area contributed by atoms with Crippen LogP contribution in [0.15, 0.2) is 53.4 Å². The Bertz CT molecular complexity index is 934. The topological polar surface area (TPSA) is 75.7 Å². The van der Waals surface area contributed by atoms with E-state index in [4.69, 9.17) is 16.3 Å². The molecular weight excluding hydrogens is 400 g/mol. The molecule has 0 saturated carbocycles. The number of benzene rings is 2. The molecule has 1 amide bonds. The smallest absolute Gasteiger partial charge is 0.243 e. The van der Waals surface area contributed by atoms with Gasteiger partial charge < -0.3 is 10.1 Å². The molecule has 6 nitrogen and oxygen atoms in total. The Kier molecular flexibility index (Phi) is 6.59. The summed E-state index contributed by atoms with van der Waals surface area (Å²) >= 11 is 6.09. The molecule has 2 aromatic rings. The Balaban J connectivity index is 1.72. The number of halogens is 1. The van der Waals surface area contributed by atoms with Crippen LogP contribution in [0.4, 0.5) is 5.69 Å². The minimum Gasteiger partial charge on any atom is -0.495 e. The number of hydrogen-bond acceptors (Lipinski definition) is 4. The van der Waals surface area contributed by atoms with Gasteiger partial charge in [0.25, 0.3) is 0 Å². The number of piperidine rings is 1. The van der Waals surface area contributed by atoms with Crippen molar-refractivity contribution in [2.24, 2.45) is 0 Å². The van der Waals surface area contributed by atoms with Crippen molar-refractivity contribution in [3.8, 4) is 5.75 Å². The summed E-state index contributed by atoms with van der Waals surface area (Å²) in [5.74, 6) is 0.272. The molecule has 0 radical (unpaired) electrons. The Morgan fingerprint density at radius 2 is 1.96 bits per heavy atom. The largest absolute Gasteiger partial charge is 0.495 e. The fourth-order valence-corrected chi connectivity index (χ4v) is 5.36. The quantitative estimate of drug-likeness (QED) is 0.765. The van der Waals surface area contributed by atoms with Gasteiger partial charge in [0.2, 0.25) is 15.9 Å². The number of anilines is 1. The lowest BCUT2D eigenvalue weighted by molar-refractivity contribution is -0.117. The standard InChI is InChI=1S/C20H23ClN2O4S/c1-27-19-11-10-15(13-18(19)21)22-20(24)14-16-7-5-6-12-23(16)28(25,26)17-8-3-2-4-9-17/h2-4,8-11,13,16H,5-7,12,14H2,1H3,(H,22,24). The third-order valence-corrected chi connectivity index (χ3v) is 7.04. The van der Waals surface area contributed by atoms with Crippen LogP contribution in [0, 0.1) is 0 Å². The van der Waals surface area contributed by atoms with Crippen molar-refractivity contribution in [1.29, 1.82) is 0 Å². The first-order valence-electron chi connectivity index (χ1n) is 9.12. The summed E-state index contributed by atoms with van der Waals surface area (Å²) in [6, 6.07) is 13.0. The molecule has 1 aliphatic rings. The molecule has 0 aromatic heterocycles. The lowest BCUT2D eigenvalue weighted by Crippen LogP contribution is -2.45. The monoisotopic (exact) mass is 422 g/mol. The molecule has 1 aliphatic heterocycles. The third-order valence-electron chi connectivity index (χ3n) is 4.78. The molecule has 150 valence electrons. The van der Waals surface area contributed by atoms with E-state index >= 15 is 0 Å². The van der Waals surface area contributed by atoms with Crippen LogP contribution >= 0.6 is 11.6 Å². The van der Waals surface area contributed by atoms with E-state index in [1.54, 1.807) is 48.5 Å². The molecule has 1 fully saturated rings. The highest BCUT2D eigenvalue weighted by molar-refractivity contribution is 7.89. The molecule has 3 rings (SSSR count). The predicted octanol–water partition coefficient (Wildman–Crippen LogP) is 3.92. The summed E-state index contributed by atoms with van der Waals surface area (Å²) < 4.78 is 32.6. The highest BCUT2D eigenvalue weighted by atomic mass is 35.5. The van der Waals surface area contributed by atoms with Crippen molar-refractivity contribution in [2.45, 2.75) is 36.6 Å². The van der Waals surface area contributed by atoms with Crippen molar-refractivity contribution >= 4 is 33.2 Å². The maximum absolute atomic E-state index is 13.0. The third kappa shape index (κ3) is 4.66. The van der Waals surface area contributed by atoms with Gasteiger partial charge in [-0.3, -0.25) is 4.79 Å². The summed E-state index contributed by atoms with van der Waals surface area (Å²) in [6.45, 7) is 0.420. The molecule has 8 heteroatoms. The first-order chi connectivity index (χ1) is 13.4. The highest BCUT2D eigenvalue weighted by Crippen LogP contribution is 2.29. The molecule has 28 heavy (non-hydrogen) atoms. The van der Waals surface area contributed by atoms with Crippen molar-refractivity contribution in [2.75, 3.05) is 19.0 Å². The van der Waals surface area contributed by atoms with Gasteiger partial charge in [-0.1, -0.05) is 36.2 Å². The average Bonchev–Trinajstić information content (AvgIpc) is 2.69. The molecular formula is C20H23ClN2O4S. The molecule has 0 aliphatic carbocycles. The van der Waals surface area contributed by atoms with Gasteiger partial charge in [0.05, 0.1) is 17.0 Å². The summed E-state index contributed by atoms with van der Waals surface area (Å²) in [5, 5.41) is 3.19. The van der Waals surface area contributed by atoms with E-state index in [0.717, 1.165) is 12.8 Å².